The second-order valence-corrected chi connectivity index (χ2v) is 25.1. The van der Waals surface area contributed by atoms with Gasteiger partial charge >= 0.3 is 0 Å². The van der Waals surface area contributed by atoms with Gasteiger partial charge in [-0.05, 0) is 117 Å². The normalized spacial score (nSPS) is 12.1. The molecule has 20 rings (SSSR count). The van der Waals surface area contributed by atoms with Crippen LogP contribution in [0.3, 0.4) is 0 Å². The molecule has 0 aliphatic heterocycles. The second kappa shape index (κ2) is 19.7. The first-order valence-electron chi connectivity index (χ1n) is 31.2. The Morgan fingerprint density at radius 3 is 1.47 bits per heavy atom. The van der Waals surface area contributed by atoms with E-state index in [2.05, 4.69) is 311 Å². The van der Waals surface area contributed by atoms with Gasteiger partial charge < -0.3 is 4.57 Å². The van der Waals surface area contributed by atoms with E-state index in [4.69, 9.17) is 19.9 Å². The maximum Gasteiger partial charge on any atom is 0.235 e. The topological polar surface area (TPSA) is 66.3 Å². The van der Waals surface area contributed by atoms with Crippen LogP contribution in [0.4, 0.5) is 0 Å². The zero-order chi connectivity index (χ0) is 60.1. The molecular weight excluding hydrogens is 1140 g/mol. The first kappa shape index (κ1) is 50.9. The van der Waals surface area contributed by atoms with Gasteiger partial charge in [0.1, 0.15) is 0 Å². The van der Waals surface area contributed by atoms with Gasteiger partial charge in [-0.3, -0.25) is 9.13 Å². The number of fused-ring (bicyclic) bond motifs is 20. The monoisotopic (exact) mass is 1190 g/mol. The average Bonchev–Trinajstić information content (AvgIpc) is 1.53. The lowest BCUT2D eigenvalue weighted by molar-refractivity contribution is 1.01. The summed E-state index contributed by atoms with van der Waals surface area (Å²) in [4.78, 5) is 22.2. The first-order chi connectivity index (χ1) is 45.6. The van der Waals surface area contributed by atoms with Crippen LogP contribution < -0.4 is 0 Å². The Kier molecular flexibility index (Phi) is 10.9. The van der Waals surface area contributed by atoms with Gasteiger partial charge in [0.05, 0.1) is 60.2 Å². The van der Waals surface area contributed by atoms with Crippen molar-refractivity contribution in [3.63, 3.8) is 0 Å². The zero-order valence-corrected chi connectivity index (χ0v) is 50.1. The SMILES string of the molecule is c1ccc(-c2nc(-n3c4ccc(-c5ccc6c(c5)c5ccccc5n6-c5ccccc5)cc4c4ccc(-c5ccc6sc7c(c6c5)c5ccccc5c5c6ccccc6n(-c6nc(-c8ccccc8)c8ccc9ccccc9c8n6)c75)cc43)nc3ccccc23)cc1. The van der Waals surface area contributed by atoms with Crippen LogP contribution in [0.25, 0.3) is 191 Å². The Morgan fingerprint density at radius 2 is 0.750 bits per heavy atom. The van der Waals surface area contributed by atoms with Crippen LogP contribution in [0.15, 0.2) is 297 Å². The molecular formula is C84H49N7S. The number of hydrogen-bond donors (Lipinski definition) is 0. The molecule has 6 aromatic heterocycles. The molecule has 0 aliphatic carbocycles. The van der Waals surface area contributed by atoms with Crippen LogP contribution in [0, 0.1) is 0 Å². The molecule has 0 atom stereocenters. The first-order valence-corrected chi connectivity index (χ1v) is 32.0. The average molecular weight is 1190 g/mol. The molecule has 0 unspecified atom stereocenters. The van der Waals surface area contributed by atoms with E-state index in [0.29, 0.717) is 11.9 Å². The van der Waals surface area contributed by atoms with E-state index in [1.165, 1.54) is 58.1 Å². The molecule has 0 aliphatic rings. The Bertz CT molecular complexity index is 6500. The highest BCUT2D eigenvalue weighted by atomic mass is 32.1. The lowest BCUT2D eigenvalue weighted by atomic mass is 9.96. The largest absolute Gasteiger partial charge is 0.309 e. The fourth-order valence-electron chi connectivity index (χ4n) is 14.9. The van der Waals surface area contributed by atoms with Crippen molar-refractivity contribution < 1.29 is 0 Å². The van der Waals surface area contributed by atoms with Crippen molar-refractivity contribution in [3.05, 3.63) is 297 Å². The van der Waals surface area contributed by atoms with Crippen molar-refractivity contribution in [2.75, 3.05) is 0 Å². The highest BCUT2D eigenvalue weighted by Gasteiger charge is 2.26. The fraction of sp³-hybridized carbons (Fsp3) is 0. The van der Waals surface area contributed by atoms with Crippen LogP contribution >= 0.6 is 11.3 Å². The summed E-state index contributed by atoms with van der Waals surface area (Å²) in [6.45, 7) is 0. The summed E-state index contributed by atoms with van der Waals surface area (Å²) in [7, 11) is 0. The van der Waals surface area contributed by atoms with Gasteiger partial charge in [0.15, 0.2) is 0 Å². The number of hydrogen-bond acceptors (Lipinski definition) is 5. The third-order valence-electron chi connectivity index (χ3n) is 19.0. The number of nitrogens with zero attached hydrogens (tertiary/aromatic N) is 7. The standard InChI is InChI=1S/C84H49N7S/c1-4-21-51(22-5-1)78-63-31-14-17-33-69(63)85-83(86-78)90-73-44-39-54(53-38-43-72-66(46-53)59-28-15-18-34-70(59)89(72)57-25-8-3-9-26-57)47-67(73)60-41-37-56(49-74(60)90)55-40-45-75-68(48-55)77-62-30-13-12-29-61(62)76-64-32-16-19-35-71(64)91(81(76)82(77)92-75)84-87-79(52-23-6-2-7-24-52)65-42-36-50-20-10-11-27-58(50)80(65)88-84/h1-49H. The van der Waals surface area contributed by atoms with Gasteiger partial charge in [0.2, 0.25) is 11.9 Å². The van der Waals surface area contributed by atoms with Crippen molar-refractivity contribution in [1.29, 1.82) is 0 Å². The number of para-hydroxylation sites is 4. The van der Waals surface area contributed by atoms with Crippen LogP contribution in [-0.2, 0) is 0 Å². The molecule has 0 spiro atoms. The van der Waals surface area contributed by atoms with E-state index in [1.807, 2.05) is 11.3 Å². The summed E-state index contributed by atoms with van der Waals surface area (Å²) in [5.41, 5.74) is 17.9. The van der Waals surface area contributed by atoms with Crippen LogP contribution in [-0.4, -0.2) is 33.6 Å². The Morgan fingerprint density at radius 1 is 0.261 bits per heavy atom. The fourth-order valence-corrected chi connectivity index (χ4v) is 16.2. The molecule has 0 fully saturated rings. The molecule has 6 heterocycles. The maximum atomic E-state index is 5.63. The molecule has 8 heteroatoms. The quantitative estimate of drug-likeness (QED) is 0.149. The van der Waals surface area contributed by atoms with Crippen LogP contribution in [0.2, 0.25) is 0 Å². The number of rotatable bonds is 7. The van der Waals surface area contributed by atoms with Gasteiger partial charge in [-0.25, -0.2) is 19.9 Å². The summed E-state index contributed by atoms with van der Waals surface area (Å²) in [5, 5.41) is 16.1. The Labute approximate surface area is 530 Å². The highest BCUT2D eigenvalue weighted by molar-refractivity contribution is 7.27. The van der Waals surface area contributed by atoms with Gasteiger partial charge in [-0.1, -0.05) is 218 Å². The molecule has 0 saturated carbocycles. The van der Waals surface area contributed by atoms with Crippen LogP contribution in [0.5, 0.6) is 0 Å². The molecule has 92 heavy (non-hydrogen) atoms. The number of benzene rings is 14. The minimum absolute atomic E-state index is 0.618. The van der Waals surface area contributed by atoms with Gasteiger partial charge in [0, 0.05) is 80.8 Å². The van der Waals surface area contributed by atoms with Gasteiger partial charge in [0.25, 0.3) is 0 Å². The number of aromatic nitrogens is 7. The van der Waals surface area contributed by atoms with Crippen molar-refractivity contribution in [3.8, 4) is 62.4 Å². The van der Waals surface area contributed by atoms with Crippen molar-refractivity contribution in [1.82, 2.24) is 33.6 Å². The third-order valence-corrected chi connectivity index (χ3v) is 20.2. The molecule has 7 nitrogen and oxygen atoms in total. The second-order valence-electron chi connectivity index (χ2n) is 24.0. The Hall–Kier alpha value is -12.1. The molecule has 0 saturated heterocycles. The summed E-state index contributed by atoms with van der Waals surface area (Å²) in [6, 6.07) is 107. The molecule has 20 aromatic rings. The minimum Gasteiger partial charge on any atom is -0.309 e. The molecule has 0 radical (unpaired) electrons. The highest BCUT2D eigenvalue weighted by Crippen LogP contribution is 2.50. The summed E-state index contributed by atoms with van der Waals surface area (Å²) in [5.74, 6) is 1.26. The van der Waals surface area contributed by atoms with Crippen LogP contribution in [0.1, 0.15) is 0 Å². The predicted molar refractivity (Wildman–Crippen MR) is 385 cm³/mol. The minimum atomic E-state index is 0.618. The van der Waals surface area contributed by atoms with Gasteiger partial charge in [-0.2, -0.15) is 0 Å². The lowest BCUT2D eigenvalue weighted by Gasteiger charge is -2.14. The van der Waals surface area contributed by atoms with E-state index < -0.39 is 0 Å². The van der Waals surface area contributed by atoms with E-state index in [9.17, 15) is 0 Å². The molecule has 426 valence electrons. The summed E-state index contributed by atoms with van der Waals surface area (Å²) < 4.78 is 9.41. The number of thiophene rings is 1. The Balaban J connectivity index is 0.813. The maximum absolute atomic E-state index is 5.63. The predicted octanol–water partition coefficient (Wildman–Crippen LogP) is 22.2. The van der Waals surface area contributed by atoms with Gasteiger partial charge in [-0.15, -0.1) is 11.3 Å². The molecule has 14 aromatic carbocycles. The zero-order valence-electron chi connectivity index (χ0n) is 49.3. The lowest BCUT2D eigenvalue weighted by Crippen LogP contribution is -2.04. The van der Waals surface area contributed by atoms with E-state index in [-0.39, 0.29) is 0 Å². The molecule has 0 amide bonds. The smallest absolute Gasteiger partial charge is 0.235 e. The van der Waals surface area contributed by atoms with Crippen molar-refractivity contribution in [2.45, 2.75) is 0 Å². The molecule has 0 N–H and O–H groups in total. The molecule has 0 bridgehead atoms. The van der Waals surface area contributed by atoms with Crippen molar-refractivity contribution >= 4 is 140 Å². The van der Waals surface area contributed by atoms with Crippen molar-refractivity contribution in [2.24, 2.45) is 0 Å². The summed E-state index contributed by atoms with van der Waals surface area (Å²) >= 11 is 1.85. The summed E-state index contributed by atoms with van der Waals surface area (Å²) in [6.07, 6.45) is 0. The van der Waals surface area contributed by atoms with E-state index in [1.54, 1.807) is 0 Å². The van der Waals surface area contributed by atoms with E-state index >= 15 is 0 Å². The third kappa shape index (κ3) is 7.50. The van der Waals surface area contributed by atoms with E-state index in [0.717, 1.165) is 121 Å².